The number of aliphatic hydroxyl groups excluding tert-OH is 1. The van der Waals surface area contributed by atoms with E-state index in [0.717, 1.165) is 43.0 Å². The Morgan fingerprint density at radius 1 is 1.15 bits per heavy atom. The highest BCUT2D eigenvalue weighted by atomic mass is 16.4. The molecule has 1 aromatic carbocycles. The second-order valence-electron chi connectivity index (χ2n) is 5.01. The first kappa shape index (κ1) is 14.8. The van der Waals surface area contributed by atoms with E-state index in [9.17, 15) is 0 Å². The number of nitrogens with zero attached hydrogens (tertiary/aromatic N) is 2. The Labute approximate surface area is 120 Å². The molecule has 20 heavy (non-hydrogen) atoms. The average Bonchev–Trinajstić information content (AvgIpc) is 2.93. The number of rotatable bonds is 8. The third kappa shape index (κ3) is 4.47. The second-order valence-corrected chi connectivity index (χ2v) is 5.01. The zero-order valence-electron chi connectivity index (χ0n) is 12.0. The minimum Gasteiger partial charge on any atom is -0.439 e. The highest BCUT2D eigenvalue weighted by Gasteiger charge is 2.08. The van der Waals surface area contributed by atoms with Gasteiger partial charge in [0, 0.05) is 12.2 Å². The minimum atomic E-state index is 0.282. The molecule has 1 aromatic heterocycles. The Hall–Kier alpha value is -1.65. The molecule has 2 aromatic rings. The highest BCUT2D eigenvalue weighted by molar-refractivity contribution is 5.55. The molecule has 4 nitrogen and oxygen atoms in total. The van der Waals surface area contributed by atoms with Crippen LogP contribution >= 0.6 is 0 Å². The van der Waals surface area contributed by atoms with E-state index in [4.69, 9.17) is 9.52 Å². The van der Waals surface area contributed by atoms with Crippen LogP contribution in [-0.4, -0.2) is 35.2 Å². The number of aromatic nitrogens is 1. The molecule has 0 aliphatic heterocycles. The van der Waals surface area contributed by atoms with Gasteiger partial charge in [-0.05, 0) is 32.9 Å². The molecular weight excluding hydrogens is 252 g/mol. The molecule has 4 heteroatoms. The normalized spacial score (nSPS) is 11.2. The minimum absolute atomic E-state index is 0.282. The van der Waals surface area contributed by atoms with Gasteiger partial charge >= 0.3 is 0 Å². The molecule has 0 bridgehead atoms. The fourth-order valence-corrected chi connectivity index (χ4v) is 2.10. The van der Waals surface area contributed by atoms with Crippen molar-refractivity contribution >= 4 is 0 Å². The van der Waals surface area contributed by atoms with Crippen molar-refractivity contribution in [2.24, 2.45) is 0 Å². The Morgan fingerprint density at radius 2 is 1.95 bits per heavy atom. The van der Waals surface area contributed by atoms with E-state index in [1.54, 1.807) is 6.20 Å². The van der Waals surface area contributed by atoms with Gasteiger partial charge in [-0.2, -0.15) is 0 Å². The lowest BCUT2D eigenvalue weighted by atomic mass is 10.2. The highest BCUT2D eigenvalue weighted by Crippen LogP contribution is 2.20. The van der Waals surface area contributed by atoms with Gasteiger partial charge in [0.25, 0.3) is 0 Å². The van der Waals surface area contributed by atoms with Gasteiger partial charge in [0.2, 0.25) is 5.89 Å². The van der Waals surface area contributed by atoms with Crippen molar-refractivity contribution in [1.29, 1.82) is 0 Å². The van der Waals surface area contributed by atoms with Crippen LogP contribution in [0.4, 0.5) is 0 Å². The lowest BCUT2D eigenvalue weighted by Gasteiger charge is -2.13. The summed E-state index contributed by atoms with van der Waals surface area (Å²) in [6.07, 6.45) is 4.81. The van der Waals surface area contributed by atoms with Crippen molar-refractivity contribution in [2.45, 2.75) is 25.8 Å². The largest absolute Gasteiger partial charge is 0.439 e. The average molecular weight is 274 g/mol. The predicted octanol–water partition coefficient (Wildman–Crippen LogP) is 2.94. The first-order valence-corrected chi connectivity index (χ1v) is 7.09. The van der Waals surface area contributed by atoms with Gasteiger partial charge < -0.3 is 9.52 Å². The van der Waals surface area contributed by atoms with Gasteiger partial charge in [-0.1, -0.05) is 30.3 Å². The van der Waals surface area contributed by atoms with E-state index < -0.39 is 0 Å². The molecular formula is C16H22N2O2. The smallest absolute Gasteiger partial charge is 0.209 e. The predicted molar refractivity (Wildman–Crippen MR) is 79.2 cm³/mol. The standard InChI is InChI=1S/C16H22N2O2/c1-18(10-6-3-7-11-19)13-16-17-12-15(20-16)14-8-4-2-5-9-14/h2,4-5,8-9,12,19H,3,6-7,10-11,13H2,1H3. The lowest BCUT2D eigenvalue weighted by molar-refractivity contribution is 0.262. The quantitative estimate of drug-likeness (QED) is 0.752. The van der Waals surface area contributed by atoms with E-state index in [0.29, 0.717) is 6.54 Å². The van der Waals surface area contributed by atoms with Crippen LogP contribution in [0.3, 0.4) is 0 Å². The molecule has 1 N–H and O–H groups in total. The lowest BCUT2D eigenvalue weighted by Crippen LogP contribution is -2.19. The molecule has 1 heterocycles. The SMILES string of the molecule is CN(CCCCCO)Cc1ncc(-c2ccccc2)o1. The van der Waals surface area contributed by atoms with Crippen LogP contribution in [-0.2, 0) is 6.54 Å². The summed E-state index contributed by atoms with van der Waals surface area (Å²) in [7, 11) is 2.06. The molecule has 0 amide bonds. The molecule has 0 fully saturated rings. The number of hydrogen-bond acceptors (Lipinski definition) is 4. The summed E-state index contributed by atoms with van der Waals surface area (Å²) in [5, 5.41) is 8.74. The summed E-state index contributed by atoms with van der Waals surface area (Å²) >= 11 is 0. The van der Waals surface area contributed by atoms with Crippen LogP contribution in [0, 0.1) is 0 Å². The van der Waals surface area contributed by atoms with E-state index in [2.05, 4.69) is 16.9 Å². The molecule has 0 spiro atoms. The maximum Gasteiger partial charge on any atom is 0.209 e. The molecule has 108 valence electrons. The van der Waals surface area contributed by atoms with E-state index in [1.165, 1.54) is 0 Å². The second kappa shape index (κ2) is 7.82. The topological polar surface area (TPSA) is 49.5 Å². The van der Waals surface area contributed by atoms with Gasteiger partial charge in [0.05, 0.1) is 12.7 Å². The summed E-state index contributed by atoms with van der Waals surface area (Å²) in [5.41, 5.74) is 1.05. The molecule has 0 unspecified atom stereocenters. The molecule has 0 aliphatic rings. The number of unbranched alkanes of at least 4 members (excludes halogenated alkanes) is 2. The summed E-state index contributed by atoms with van der Waals surface area (Å²) in [6, 6.07) is 10.0. The molecule has 0 atom stereocenters. The van der Waals surface area contributed by atoms with Gasteiger partial charge in [0.1, 0.15) is 0 Å². The number of benzene rings is 1. The van der Waals surface area contributed by atoms with Crippen molar-refractivity contribution in [1.82, 2.24) is 9.88 Å². The molecule has 0 radical (unpaired) electrons. The van der Waals surface area contributed by atoms with Gasteiger partial charge in [0.15, 0.2) is 5.76 Å². The molecule has 0 aliphatic carbocycles. The van der Waals surface area contributed by atoms with Gasteiger partial charge in [-0.25, -0.2) is 4.98 Å². The molecule has 0 saturated carbocycles. The third-order valence-corrected chi connectivity index (χ3v) is 3.21. The fourth-order valence-electron chi connectivity index (χ4n) is 2.10. The summed E-state index contributed by atoms with van der Waals surface area (Å²) in [6.45, 7) is 1.99. The van der Waals surface area contributed by atoms with Crippen LogP contribution in [0.25, 0.3) is 11.3 Å². The van der Waals surface area contributed by atoms with Crippen LogP contribution < -0.4 is 0 Å². The van der Waals surface area contributed by atoms with Crippen LogP contribution in [0.1, 0.15) is 25.2 Å². The molecule has 2 rings (SSSR count). The Bertz CT molecular complexity index is 496. The Kier molecular flexibility index (Phi) is 5.77. The number of hydrogen-bond donors (Lipinski definition) is 1. The van der Waals surface area contributed by atoms with Gasteiger partial charge in [-0.15, -0.1) is 0 Å². The van der Waals surface area contributed by atoms with Crippen molar-refractivity contribution < 1.29 is 9.52 Å². The monoisotopic (exact) mass is 274 g/mol. The van der Waals surface area contributed by atoms with Crippen molar-refractivity contribution in [3.05, 3.63) is 42.4 Å². The van der Waals surface area contributed by atoms with Gasteiger partial charge in [-0.3, -0.25) is 4.90 Å². The zero-order chi connectivity index (χ0) is 14.2. The van der Waals surface area contributed by atoms with E-state index >= 15 is 0 Å². The van der Waals surface area contributed by atoms with Crippen molar-refractivity contribution in [3.8, 4) is 11.3 Å². The first-order valence-electron chi connectivity index (χ1n) is 7.09. The first-order chi connectivity index (χ1) is 9.79. The maximum atomic E-state index is 8.74. The summed E-state index contributed by atoms with van der Waals surface area (Å²) in [4.78, 5) is 6.52. The van der Waals surface area contributed by atoms with Crippen LogP contribution in [0.15, 0.2) is 40.9 Å². The maximum absolute atomic E-state index is 8.74. The summed E-state index contributed by atoms with van der Waals surface area (Å²) < 4.78 is 5.78. The fraction of sp³-hybridized carbons (Fsp3) is 0.438. The zero-order valence-corrected chi connectivity index (χ0v) is 12.0. The van der Waals surface area contributed by atoms with E-state index in [-0.39, 0.29) is 6.61 Å². The third-order valence-electron chi connectivity index (χ3n) is 3.21. The Balaban J connectivity index is 1.83. The van der Waals surface area contributed by atoms with Crippen molar-refractivity contribution in [3.63, 3.8) is 0 Å². The van der Waals surface area contributed by atoms with Crippen LogP contribution in [0.5, 0.6) is 0 Å². The van der Waals surface area contributed by atoms with Crippen LogP contribution in [0.2, 0.25) is 0 Å². The van der Waals surface area contributed by atoms with Crippen molar-refractivity contribution in [2.75, 3.05) is 20.2 Å². The molecule has 0 saturated heterocycles. The number of oxazole rings is 1. The number of aliphatic hydroxyl groups is 1. The van der Waals surface area contributed by atoms with E-state index in [1.807, 2.05) is 30.3 Å². The summed E-state index contributed by atoms with van der Waals surface area (Å²) in [5.74, 6) is 1.56. The Morgan fingerprint density at radius 3 is 2.70 bits per heavy atom.